The second-order valence-electron chi connectivity index (χ2n) is 4.17. The summed E-state index contributed by atoms with van der Waals surface area (Å²) in [5.41, 5.74) is 4.65. The van der Waals surface area contributed by atoms with E-state index in [4.69, 9.17) is 5.84 Å². The first-order chi connectivity index (χ1) is 8.38. The topological polar surface area (TPSA) is 75.4 Å². The van der Waals surface area contributed by atoms with E-state index in [0.717, 1.165) is 0 Å². The van der Waals surface area contributed by atoms with E-state index in [1.54, 1.807) is 26.0 Å². The number of nitrogen functional groups attached to an aromatic ring is 1. The molecule has 0 aliphatic rings. The molecule has 18 heavy (non-hydrogen) atoms. The Labute approximate surface area is 109 Å². The predicted molar refractivity (Wildman–Crippen MR) is 73.8 cm³/mol. The first kappa shape index (κ1) is 14.9. The van der Waals surface area contributed by atoms with Gasteiger partial charge in [-0.25, -0.2) is 8.42 Å². The predicted octanol–water partition coefficient (Wildman–Crippen LogP) is 1.62. The van der Waals surface area contributed by atoms with Gasteiger partial charge in [-0.1, -0.05) is 13.8 Å². The maximum Gasteiger partial charge on any atom is 0.243 e. The van der Waals surface area contributed by atoms with Gasteiger partial charge in [-0.3, -0.25) is 5.84 Å². The van der Waals surface area contributed by atoms with E-state index in [2.05, 4.69) is 5.43 Å². The average molecular weight is 271 g/mol. The van der Waals surface area contributed by atoms with E-state index in [0.29, 0.717) is 34.8 Å². The Balaban J connectivity index is 3.42. The van der Waals surface area contributed by atoms with Crippen LogP contribution in [0.2, 0.25) is 0 Å². The molecule has 0 aliphatic carbocycles. The van der Waals surface area contributed by atoms with E-state index >= 15 is 0 Å². The number of rotatable bonds is 5. The molecule has 0 aromatic heterocycles. The number of benzene rings is 1. The van der Waals surface area contributed by atoms with Gasteiger partial charge in [0.1, 0.15) is 0 Å². The van der Waals surface area contributed by atoms with Crippen LogP contribution in [0.5, 0.6) is 0 Å². The Bertz CT molecular complexity index is 499. The normalized spacial score (nSPS) is 11.9. The lowest BCUT2D eigenvalue weighted by molar-refractivity contribution is 0.444. The smallest absolute Gasteiger partial charge is 0.243 e. The van der Waals surface area contributed by atoms with Crippen LogP contribution in [0.3, 0.4) is 0 Å². The molecule has 0 fully saturated rings. The summed E-state index contributed by atoms with van der Waals surface area (Å²) in [7, 11) is -3.42. The SMILES string of the molecule is CCN(CC)S(=O)(=O)c1c(C)cc(NN)cc1C. The molecule has 0 unspecified atom stereocenters. The van der Waals surface area contributed by atoms with E-state index in [1.165, 1.54) is 4.31 Å². The summed E-state index contributed by atoms with van der Waals surface area (Å²) in [6, 6.07) is 3.48. The summed E-state index contributed by atoms with van der Waals surface area (Å²) in [5, 5.41) is 0. The van der Waals surface area contributed by atoms with Crippen LogP contribution in [-0.4, -0.2) is 25.8 Å². The summed E-state index contributed by atoms with van der Waals surface area (Å²) >= 11 is 0. The van der Waals surface area contributed by atoms with Crippen molar-refractivity contribution < 1.29 is 8.42 Å². The molecule has 3 N–H and O–H groups in total. The lowest BCUT2D eigenvalue weighted by atomic mass is 10.1. The lowest BCUT2D eigenvalue weighted by Gasteiger charge is -2.21. The number of sulfonamides is 1. The Morgan fingerprint density at radius 3 is 1.94 bits per heavy atom. The number of anilines is 1. The van der Waals surface area contributed by atoms with Crippen molar-refractivity contribution in [2.45, 2.75) is 32.6 Å². The van der Waals surface area contributed by atoms with Crippen molar-refractivity contribution in [2.24, 2.45) is 5.84 Å². The quantitative estimate of drug-likeness (QED) is 0.630. The molecular formula is C12H21N3O2S. The van der Waals surface area contributed by atoms with Gasteiger partial charge in [0.05, 0.1) is 4.90 Å². The number of hydrogen-bond donors (Lipinski definition) is 2. The second-order valence-corrected chi connectivity index (χ2v) is 6.05. The zero-order valence-corrected chi connectivity index (χ0v) is 12.1. The van der Waals surface area contributed by atoms with Gasteiger partial charge in [0, 0.05) is 18.8 Å². The van der Waals surface area contributed by atoms with Gasteiger partial charge in [-0.2, -0.15) is 4.31 Å². The molecule has 0 bridgehead atoms. The fourth-order valence-corrected chi connectivity index (χ4v) is 4.00. The molecule has 1 aromatic carbocycles. The Morgan fingerprint density at radius 1 is 1.17 bits per heavy atom. The third-order valence-electron chi connectivity index (χ3n) is 2.93. The third-order valence-corrected chi connectivity index (χ3v) is 5.29. The zero-order chi connectivity index (χ0) is 13.9. The third kappa shape index (κ3) is 2.66. The van der Waals surface area contributed by atoms with E-state index in [-0.39, 0.29) is 0 Å². The number of nitrogens with one attached hydrogen (secondary N) is 1. The first-order valence-corrected chi connectivity index (χ1v) is 7.40. The number of hydrogen-bond acceptors (Lipinski definition) is 4. The molecule has 0 amide bonds. The van der Waals surface area contributed by atoms with Crippen molar-refractivity contribution in [1.29, 1.82) is 0 Å². The largest absolute Gasteiger partial charge is 0.324 e. The Kier molecular flexibility index (Phi) is 4.72. The van der Waals surface area contributed by atoms with E-state index < -0.39 is 10.0 Å². The number of hydrazine groups is 1. The molecule has 0 heterocycles. The van der Waals surface area contributed by atoms with Crippen LogP contribution in [0.25, 0.3) is 0 Å². The molecule has 1 aromatic rings. The summed E-state index contributed by atoms with van der Waals surface area (Å²) in [6.07, 6.45) is 0. The van der Waals surface area contributed by atoms with Crippen LogP contribution < -0.4 is 11.3 Å². The van der Waals surface area contributed by atoms with Crippen LogP contribution >= 0.6 is 0 Å². The van der Waals surface area contributed by atoms with Crippen LogP contribution in [0.4, 0.5) is 5.69 Å². The second kappa shape index (κ2) is 5.69. The first-order valence-electron chi connectivity index (χ1n) is 5.96. The van der Waals surface area contributed by atoms with Gasteiger partial charge >= 0.3 is 0 Å². The minimum absolute atomic E-state index is 0.380. The molecule has 0 saturated carbocycles. The monoisotopic (exact) mass is 271 g/mol. The van der Waals surface area contributed by atoms with Crippen molar-refractivity contribution >= 4 is 15.7 Å². The zero-order valence-electron chi connectivity index (χ0n) is 11.3. The minimum atomic E-state index is -3.42. The van der Waals surface area contributed by atoms with Gasteiger partial charge in [-0.15, -0.1) is 0 Å². The lowest BCUT2D eigenvalue weighted by Crippen LogP contribution is -2.31. The van der Waals surface area contributed by atoms with Gasteiger partial charge in [0.2, 0.25) is 10.0 Å². The highest BCUT2D eigenvalue weighted by atomic mass is 32.2. The number of nitrogens with two attached hydrogens (primary N) is 1. The molecular weight excluding hydrogens is 250 g/mol. The van der Waals surface area contributed by atoms with Gasteiger partial charge in [0.25, 0.3) is 0 Å². The number of aryl methyl sites for hydroxylation is 2. The fourth-order valence-electron chi connectivity index (χ4n) is 2.13. The van der Waals surface area contributed by atoms with Crippen molar-refractivity contribution in [3.8, 4) is 0 Å². The van der Waals surface area contributed by atoms with Gasteiger partial charge in [0.15, 0.2) is 0 Å². The van der Waals surface area contributed by atoms with Crippen LogP contribution in [-0.2, 0) is 10.0 Å². The Morgan fingerprint density at radius 2 is 1.61 bits per heavy atom. The molecule has 6 heteroatoms. The summed E-state index contributed by atoms with van der Waals surface area (Å²) in [4.78, 5) is 0.380. The summed E-state index contributed by atoms with van der Waals surface area (Å²) in [5.74, 6) is 5.35. The van der Waals surface area contributed by atoms with Gasteiger partial charge < -0.3 is 5.43 Å². The minimum Gasteiger partial charge on any atom is -0.324 e. The van der Waals surface area contributed by atoms with Crippen molar-refractivity contribution in [3.05, 3.63) is 23.3 Å². The molecule has 0 saturated heterocycles. The van der Waals surface area contributed by atoms with E-state index in [1.807, 2.05) is 13.8 Å². The van der Waals surface area contributed by atoms with Crippen molar-refractivity contribution in [3.63, 3.8) is 0 Å². The molecule has 0 atom stereocenters. The highest BCUT2D eigenvalue weighted by molar-refractivity contribution is 7.89. The molecule has 0 aliphatic heterocycles. The molecule has 0 radical (unpaired) electrons. The fraction of sp³-hybridized carbons (Fsp3) is 0.500. The maximum absolute atomic E-state index is 12.5. The average Bonchev–Trinajstić information content (AvgIpc) is 2.28. The van der Waals surface area contributed by atoms with Crippen LogP contribution in [0.15, 0.2) is 17.0 Å². The molecule has 1 rings (SSSR count). The number of nitrogens with zero attached hydrogens (tertiary/aromatic N) is 1. The summed E-state index contributed by atoms with van der Waals surface area (Å²) in [6.45, 7) is 8.17. The van der Waals surface area contributed by atoms with E-state index in [9.17, 15) is 8.42 Å². The maximum atomic E-state index is 12.5. The highest BCUT2D eigenvalue weighted by Gasteiger charge is 2.25. The highest BCUT2D eigenvalue weighted by Crippen LogP contribution is 2.26. The molecule has 5 nitrogen and oxygen atoms in total. The summed E-state index contributed by atoms with van der Waals surface area (Å²) < 4.78 is 26.5. The van der Waals surface area contributed by atoms with Gasteiger partial charge in [-0.05, 0) is 37.1 Å². The van der Waals surface area contributed by atoms with Crippen molar-refractivity contribution in [2.75, 3.05) is 18.5 Å². The Hall–Kier alpha value is -1.11. The van der Waals surface area contributed by atoms with Crippen LogP contribution in [0.1, 0.15) is 25.0 Å². The van der Waals surface area contributed by atoms with Crippen LogP contribution in [0, 0.1) is 13.8 Å². The molecule has 0 spiro atoms. The van der Waals surface area contributed by atoms with Crippen molar-refractivity contribution in [1.82, 2.24) is 4.31 Å². The molecule has 102 valence electrons. The standard InChI is InChI=1S/C12H21N3O2S/c1-5-15(6-2)18(16,17)12-9(3)7-11(14-13)8-10(12)4/h7-8,14H,5-6,13H2,1-4H3.